The number of carbonyl (C=O) groups excluding carboxylic acids is 1. The molecule has 0 radical (unpaired) electrons. The van der Waals surface area contributed by atoms with Gasteiger partial charge in [-0.05, 0) is 52.9 Å². The average molecular weight is 436 g/mol. The fraction of sp³-hybridized carbons (Fsp3) is 0.133. The van der Waals surface area contributed by atoms with E-state index < -0.39 is 6.36 Å². The zero-order chi connectivity index (χ0) is 16.9. The first-order chi connectivity index (χ1) is 10.8. The molecule has 0 unspecified atom stereocenters. The van der Waals surface area contributed by atoms with E-state index in [1.807, 2.05) is 6.07 Å². The summed E-state index contributed by atoms with van der Waals surface area (Å²) in [4.78, 5) is 11.9. The number of rotatable bonds is 5. The SMILES string of the molecule is O=C(CNc1ccccc1OC(F)(F)F)Nc1cccc(I)c1. The summed E-state index contributed by atoms with van der Waals surface area (Å²) < 4.78 is 41.8. The summed E-state index contributed by atoms with van der Waals surface area (Å²) in [6, 6.07) is 12.7. The number of alkyl halides is 3. The lowest BCUT2D eigenvalue weighted by Crippen LogP contribution is -2.23. The van der Waals surface area contributed by atoms with Crippen molar-refractivity contribution in [3.8, 4) is 5.75 Å². The first-order valence-corrected chi connectivity index (χ1v) is 7.55. The molecular formula is C15H12F3IN2O2. The van der Waals surface area contributed by atoms with Crippen LogP contribution in [-0.2, 0) is 4.79 Å². The van der Waals surface area contributed by atoms with Crippen LogP contribution >= 0.6 is 22.6 Å². The maximum absolute atomic E-state index is 12.3. The van der Waals surface area contributed by atoms with Gasteiger partial charge in [-0.15, -0.1) is 13.2 Å². The molecule has 0 saturated heterocycles. The van der Waals surface area contributed by atoms with Gasteiger partial charge < -0.3 is 15.4 Å². The first kappa shape index (κ1) is 17.4. The molecule has 0 atom stereocenters. The van der Waals surface area contributed by atoms with Crippen molar-refractivity contribution in [2.75, 3.05) is 17.2 Å². The molecule has 0 spiro atoms. The van der Waals surface area contributed by atoms with Crippen molar-refractivity contribution in [3.05, 3.63) is 52.1 Å². The van der Waals surface area contributed by atoms with Crippen molar-refractivity contribution in [3.63, 3.8) is 0 Å². The molecule has 0 aliphatic rings. The summed E-state index contributed by atoms with van der Waals surface area (Å²) in [5.74, 6) is -0.768. The molecule has 0 aliphatic heterocycles. The van der Waals surface area contributed by atoms with Gasteiger partial charge in [0.25, 0.3) is 0 Å². The Bertz CT molecular complexity index is 692. The minimum absolute atomic E-state index is 0.0858. The van der Waals surface area contributed by atoms with Crippen LogP contribution in [0.1, 0.15) is 0 Å². The van der Waals surface area contributed by atoms with E-state index in [1.54, 1.807) is 24.3 Å². The van der Waals surface area contributed by atoms with Crippen molar-refractivity contribution >= 4 is 39.9 Å². The molecule has 1 amide bonds. The fourth-order valence-corrected chi connectivity index (χ4v) is 2.32. The number of nitrogens with one attached hydrogen (secondary N) is 2. The van der Waals surface area contributed by atoms with Crippen molar-refractivity contribution in [2.24, 2.45) is 0 Å². The lowest BCUT2D eigenvalue weighted by molar-refractivity contribution is -0.274. The van der Waals surface area contributed by atoms with Crippen LogP contribution in [0.4, 0.5) is 24.5 Å². The Kier molecular flexibility index (Phi) is 5.69. The predicted molar refractivity (Wildman–Crippen MR) is 89.4 cm³/mol. The van der Waals surface area contributed by atoms with Gasteiger partial charge in [0.2, 0.25) is 5.91 Å². The van der Waals surface area contributed by atoms with Gasteiger partial charge in [-0.25, -0.2) is 0 Å². The second kappa shape index (κ2) is 7.53. The van der Waals surface area contributed by atoms with Crippen LogP contribution in [0.15, 0.2) is 48.5 Å². The number of hydrogen-bond acceptors (Lipinski definition) is 3. The van der Waals surface area contributed by atoms with E-state index in [4.69, 9.17) is 0 Å². The minimum atomic E-state index is -4.79. The Labute approximate surface area is 144 Å². The second-order valence-corrected chi connectivity index (χ2v) is 5.70. The highest BCUT2D eigenvalue weighted by Gasteiger charge is 2.32. The molecule has 0 bridgehead atoms. The normalized spacial score (nSPS) is 11.0. The third-order valence-corrected chi connectivity index (χ3v) is 3.33. The van der Waals surface area contributed by atoms with Crippen LogP contribution in [0, 0.1) is 3.57 Å². The van der Waals surface area contributed by atoms with Crippen molar-refractivity contribution in [1.82, 2.24) is 0 Å². The summed E-state index contributed by atoms with van der Waals surface area (Å²) >= 11 is 2.11. The smallest absolute Gasteiger partial charge is 0.404 e. The van der Waals surface area contributed by atoms with Crippen molar-refractivity contribution < 1.29 is 22.7 Å². The van der Waals surface area contributed by atoms with Crippen LogP contribution in [-0.4, -0.2) is 18.8 Å². The van der Waals surface area contributed by atoms with Gasteiger partial charge in [-0.2, -0.15) is 0 Å². The van der Waals surface area contributed by atoms with E-state index in [-0.39, 0.29) is 23.9 Å². The van der Waals surface area contributed by atoms with Gasteiger partial charge in [0.1, 0.15) is 0 Å². The summed E-state index contributed by atoms with van der Waals surface area (Å²) in [6.45, 7) is -0.191. The molecule has 0 aliphatic carbocycles. The van der Waals surface area contributed by atoms with Crippen LogP contribution in [0.3, 0.4) is 0 Å². The Morgan fingerprint density at radius 2 is 1.87 bits per heavy atom. The highest BCUT2D eigenvalue weighted by molar-refractivity contribution is 14.1. The maximum Gasteiger partial charge on any atom is 0.573 e. The number of amides is 1. The molecule has 2 rings (SSSR count). The van der Waals surface area contributed by atoms with Crippen LogP contribution < -0.4 is 15.4 Å². The van der Waals surface area contributed by atoms with Crippen LogP contribution in [0.25, 0.3) is 0 Å². The number of para-hydroxylation sites is 2. The number of halogens is 4. The van der Waals surface area contributed by atoms with E-state index in [0.717, 1.165) is 3.57 Å². The Balaban J connectivity index is 1.97. The fourth-order valence-electron chi connectivity index (χ4n) is 1.77. The average Bonchev–Trinajstić information content (AvgIpc) is 2.45. The number of benzene rings is 2. The van der Waals surface area contributed by atoms with E-state index in [2.05, 4.69) is 38.0 Å². The van der Waals surface area contributed by atoms with E-state index in [9.17, 15) is 18.0 Å². The quantitative estimate of drug-likeness (QED) is 0.690. The van der Waals surface area contributed by atoms with Crippen LogP contribution in [0.5, 0.6) is 5.75 Å². The van der Waals surface area contributed by atoms with Gasteiger partial charge in [0, 0.05) is 9.26 Å². The zero-order valence-electron chi connectivity index (χ0n) is 11.7. The topological polar surface area (TPSA) is 50.4 Å². The molecule has 2 aromatic rings. The number of anilines is 2. The number of carbonyl (C=O) groups is 1. The molecule has 0 heterocycles. The molecule has 23 heavy (non-hydrogen) atoms. The van der Waals surface area contributed by atoms with E-state index in [1.165, 1.54) is 18.2 Å². The number of ether oxygens (including phenoxy) is 1. The molecule has 0 fully saturated rings. The standard InChI is InChI=1S/C15H12F3IN2O2/c16-15(17,18)23-13-7-2-1-6-12(13)20-9-14(22)21-11-5-3-4-10(19)8-11/h1-8,20H,9H2,(H,21,22). The van der Waals surface area contributed by atoms with E-state index >= 15 is 0 Å². The van der Waals surface area contributed by atoms with Gasteiger partial charge >= 0.3 is 6.36 Å². The Morgan fingerprint density at radius 3 is 2.57 bits per heavy atom. The van der Waals surface area contributed by atoms with Crippen molar-refractivity contribution in [2.45, 2.75) is 6.36 Å². The second-order valence-electron chi connectivity index (χ2n) is 4.46. The summed E-state index contributed by atoms with van der Waals surface area (Å²) in [7, 11) is 0. The number of hydrogen-bond donors (Lipinski definition) is 2. The summed E-state index contributed by atoms with van der Waals surface area (Å²) in [5, 5.41) is 5.28. The molecular weight excluding hydrogens is 424 g/mol. The molecule has 4 nitrogen and oxygen atoms in total. The molecule has 2 N–H and O–H groups in total. The lowest BCUT2D eigenvalue weighted by atomic mass is 10.3. The first-order valence-electron chi connectivity index (χ1n) is 6.47. The third-order valence-electron chi connectivity index (χ3n) is 2.66. The molecule has 2 aromatic carbocycles. The highest BCUT2D eigenvalue weighted by Crippen LogP contribution is 2.29. The Hall–Kier alpha value is -1.97. The van der Waals surface area contributed by atoms with Gasteiger partial charge in [-0.1, -0.05) is 18.2 Å². The molecule has 0 aromatic heterocycles. The molecule has 0 saturated carbocycles. The van der Waals surface area contributed by atoms with E-state index in [0.29, 0.717) is 5.69 Å². The van der Waals surface area contributed by atoms with Gasteiger partial charge in [0.15, 0.2) is 5.75 Å². The molecule has 8 heteroatoms. The van der Waals surface area contributed by atoms with Gasteiger partial charge in [-0.3, -0.25) is 4.79 Å². The Morgan fingerprint density at radius 1 is 1.13 bits per heavy atom. The van der Waals surface area contributed by atoms with Crippen molar-refractivity contribution in [1.29, 1.82) is 0 Å². The summed E-state index contributed by atoms with van der Waals surface area (Å²) in [5.41, 5.74) is 0.700. The third kappa shape index (κ3) is 5.97. The molecule has 122 valence electrons. The van der Waals surface area contributed by atoms with Crippen LogP contribution in [0.2, 0.25) is 0 Å². The zero-order valence-corrected chi connectivity index (χ0v) is 13.8. The highest BCUT2D eigenvalue weighted by atomic mass is 127. The predicted octanol–water partition coefficient (Wildman–Crippen LogP) is 4.24. The largest absolute Gasteiger partial charge is 0.573 e. The summed E-state index contributed by atoms with van der Waals surface area (Å²) in [6.07, 6.45) is -4.79. The minimum Gasteiger partial charge on any atom is -0.404 e. The maximum atomic E-state index is 12.3. The van der Waals surface area contributed by atoms with Gasteiger partial charge in [0.05, 0.1) is 12.2 Å². The monoisotopic (exact) mass is 436 g/mol. The lowest BCUT2D eigenvalue weighted by Gasteiger charge is -2.14.